The number of phosphoric acid groups is 1. The number of nitrogens with two attached hydrogens (primary N) is 1. The molecule has 0 bridgehead atoms. The molecule has 0 unspecified atom stereocenters. The third-order valence-corrected chi connectivity index (χ3v) is 3.64. The number of rotatable bonds is 5. The Morgan fingerprint density at radius 1 is 1.46 bits per heavy atom. The van der Waals surface area contributed by atoms with Crippen LogP contribution in [0.3, 0.4) is 0 Å². The van der Waals surface area contributed by atoms with Crippen LogP contribution in [-0.2, 0) is 13.8 Å². The lowest BCUT2D eigenvalue weighted by atomic mass is 10.1. The molecule has 1 aromatic heterocycles. The highest BCUT2D eigenvalue weighted by atomic mass is 31.2. The Morgan fingerprint density at radius 3 is 2.62 bits per heavy atom. The first kappa shape index (κ1) is 18.6. The molecule has 14 heteroatoms. The highest BCUT2D eigenvalue weighted by molar-refractivity contribution is 7.46. The number of nitrogens with zero attached hydrogens (tertiary/aromatic N) is 2. The number of aliphatic hydroxyl groups is 2. The molecule has 24 heavy (non-hydrogen) atoms. The maximum atomic E-state index is 13.4. The average Bonchev–Trinajstić information content (AvgIpc) is 2.74. The number of amides is 1. The Kier molecular flexibility index (Phi) is 5.15. The van der Waals surface area contributed by atoms with Crippen LogP contribution in [0.2, 0.25) is 0 Å². The summed E-state index contributed by atoms with van der Waals surface area (Å²) in [7, 11) is -4.87. The van der Waals surface area contributed by atoms with Crippen LogP contribution in [0, 0.1) is 5.95 Å². The molecule has 0 radical (unpaired) electrons. The second kappa shape index (κ2) is 6.64. The van der Waals surface area contributed by atoms with Crippen molar-refractivity contribution in [1.29, 1.82) is 0 Å². The van der Waals surface area contributed by atoms with Crippen LogP contribution in [-0.4, -0.2) is 60.4 Å². The predicted molar refractivity (Wildman–Crippen MR) is 70.9 cm³/mol. The van der Waals surface area contributed by atoms with Crippen LogP contribution < -0.4 is 11.3 Å². The molecule has 12 nitrogen and oxygen atoms in total. The van der Waals surface area contributed by atoms with Crippen molar-refractivity contribution in [1.82, 2.24) is 9.55 Å². The van der Waals surface area contributed by atoms with Gasteiger partial charge in [-0.15, -0.1) is 0 Å². The third kappa shape index (κ3) is 3.84. The normalized spacial score (nSPS) is 27.4. The number of phosphoric ester groups is 1. The van der Waals surface area contributed by atoms with Gasteiger partial charge in [-0.2, -0.15) is 4.39 Å². The van der Waals surface area contributed by atoms with Gasteiger partial charge in [0.25, 0.3) is 11.5 Å². The average molecular weight is 369 g/mol. The van der Waals surface area contributed by atoms with Gasteiger partial charge in [0.15, 0.2) is 11.9 Å². The summed E-state index contributed by atoms with van der Waals surface area (Å²) in [6.45, 7) is -0.815. The van der Waals surface area contributed by atoms with Crippen molar-refractivity contribution in [3.05, 3.63) is 28.2 Å². The van der Waals surface area contributed by atoms with Crippen LogP contribution in [0.25, 0.3) is 0 Å². The number of primary amides is 1. The van der Waals surface area contributed by atoms with Crippen LogP contribution in [0.5, 0.6) is 0 Å². The van der Waals surface area contributed by atoms with Gasteiger partial charge in [-0.3, -0.25) is 18.7 Å². The second-order valence-electron chi connectivity index (χ2n) is 4.82. The van der Waals surface area contributed by atoms with E-state index in [0.717, 1.165) is 0 Å². The van der Waals surface area contributed by atoms with Crippen LogP contribution in [0.1, 0.15) is 16.7 Å². The topological polar surface area (TPSA) is 194 Å². The van der Waals surface area contributed by atoms with Crippen molar-refractivity contribution in [3.8, 4) is 0 Å². The summed E-state index contributed by atoms with van der Waals surface area (Å²) in [5.41, 5.74) is 2.76. The zero-order valence-electron chi connectivity index (χ0n) is 11.7. The largest absolute Gasteiger partial charge is 0.469 e. The standard InChI is InChI=1S/C10H13FN3O9P/c11-4-1-14(9(18)5(13-4)8(12)17)10-7(16)6(15)3(23-10)2-22-24(19,20)21/h1,3,6-7,10,15-16H,2H2,(H2,12,17)(H2,19,20,21)/t3-,6+,7-,10-/m1/s1. The second-order valence-corrected chi connectivity index (χ2v) is 6.06. The number of halogens is 1. The van der Waals surface area contributed by atoms with Gasteiger partial charge in [0.2, 0.25) is 5.95 Å². The number of hydrogen-bond acceptors (Lipinski definition) is 8. The molecule has 134 valence electrons. The molecular weight excluding hydrogens is 356 g/mol. The molecule has 1 aromatic rings. The Morgan fingerprint density at radius 2 is 2.08 bits per heavy atom. The molecule has 1 amide bonds. The Bertz CT molecular complexity index is 750. The van der Waals surface area contributed by atoms with Crippen molar-refractivity contribution >= 4 is 13.7 Å². The van der Waals surface area contributed by atoms with E-state index >= 15 is 0 Å². The molecular formula is C10H13FN3O9P. The van der Waals surface area contributed by atoms with E-state index < -0.39 is 62.1 Å². The van der Waals surface area contributed by atoms with E-state index in [1.165, 1.54) is 0 Å². The van der Waals surface area contributed by atoms with E-state index in [9.17, 15) is 28.8 Å². The summed E-state index contributed by atoms with van der Waals surface area (Å²) in [5, 5.41) is 19.7. The van der Waals surface area contributed by atoms with E-state index in [1.807, 2.05) is 0 Å². The third-order valence-electron chi connectivity index (χ3n) is 3.15. The lowest BCUT2D eigenvalue weighted by molar-refractivity contribution is -0.0542. The smallest absolute Gasteiger partial charge is 0.387 e. The molecule has 4 atom stereocenters. The summed E-state index contributed by atoms with van der Waals surface area (Å²) in [5.74, 6) is -2.59. The van der Waals surface area contributed by atoms with Crippen molar-refractivity contribution < 1.29 is 43.0 Å². The van der Waals surface area contributed by atoms with Crippen LogP contribution in [0.15, 0.2) is 11.0 Å². The molecule has 1 fully saturated rings. The van der Waals surface area contributed by atoms with Crippen LogP contribution >= 0.6 is 7.82 Å². The van der Waals surface area contributed by atoms with E-state index in [2.05, 4.69) is 9.51 Å². The molecule has 0 saturated carbocycles. The van der Waals surface area contributed by atoms with E-state index in [-0.39, 0.29) is 0 Å². The van der Waals surface area contributed by atoms with Crippen molar-refractivity contribution in [2.75, 3.05) is 6.61 Å². The zero-order valence-corrected chi connectivity index (χ0v) is 12.6. The van der Waals surface area contributed by atoms with Crippen molar-refractivity contribution in [2.24, 2.45) is 5.73 Å². The van der Waals surface area contributed by atoms with Gasteiger partial charge in [0, 0.05) is 0 Å². The molecule has 0 aliphatic carbocycles. The molecule has 2 heterocycles. The summed E-state index contributed by atoms with van der Waals surface area (Å²) < 4.78 is 33.8. The first-order valence-electron chi connectivity index (χ1n) is 6.31. The lowest BCUT2D eigenvalue weighted by Gasteiger charge is -2.18. The number of aliphatic hydroxyl groups excluding tert-OH is 2. The van der Waals surface area contributed by atoms with E-state index in [1.54, 1.807) is 0 Å². The minimum absolute atomic E-state index is 0.452. The fraction of sp³-hybridized carbons (Fsp3) is 0.500. The molecule has 1 aliphatic rings. The monoisotopic (exact) mass is 369 g/mol. The van der Waals surface area contributed by atoms with E-state index in [4.69, 9.17) is 20.3 Å². The fourth-order valence-corrected chi connectivity index (χ4v) is 2.44. The Hall–Kier alpha value is -1.73. The Balaban J connectivity index is 2.32. The predicted octanol–water partition coefficient (Wildman–Crippen LogP) is -2.79. The van der Waals surface area contributed by atoms with Crippen LogP contribution in [0.4, 0.5) is 4.39 Å². The zero-order chi connectivity index (χ0) is 18.2. The SMILES string of the molecule is NC(=O)c1nc(F)cn([C@@H]2O[C@H](COP(=O)(O)O)[C@H](O)[C@H]2O)c1=O. The van der Waals surface area contributed by atoms with Gasteiger partial charge in [-0.25, -0.2) is 9.55 Å². The summed E-state index contributed by atoms with van der Waals surface area (Å²) in [6.07, 6.45) is -6.06. The summed E-state index contributed by atoms with van der Waals surface area (Å²) in [6, 6.07) is 0. The summed E-state index contributed by atoms with van der Waals surface area (Å²) in [4.78, 5) is 43.4. The fourth-order valence-electron chi connectivity index (χ4n) is 2.10. The molecule has 1 aliphatic heterocycles. The number of hydrogen-bond donors (Lipinski definition) is 5. The van der Waals surface area contributed by atoms with E-state index in [0.29, 0.717) is 10.8 Å². The first-order valence-corrected chi connectivity index (χ1v) is 7.84. The maximum absolute atomic E-state index is 13.4. The molecule has 0 aromatic carbocycles. The van der Waals surface area contributed by atoms with Gasteiger partial charge in [0.1, 0.15) is 18.3 Å². The molecule has 1 saturated heterocycles. The number of aromatic nitrogens is 2. The Labute approximate surface area is 132 Å². The highest BCUT2D eigenvalue weighted by Gasteiger charge is 2.45. The van der Waals surface area contributed by atoms with Gasteiger partial charge >= 0.3 is 7.82 Å². The minimum Gasteiger partial charge on any atom is -0.387 e. The molecule has 0 spiro atoms. The first-order chi connectivity index (χ1) is 11.0. The highest BCUT2D eigenvalue weighted by Crippen LogP contribution is 2.38. The van der Waals surface area contributed by atoms with Crippen molar-refractivity contribution in [3.63, 3.8) is 0 Å². The number of ether oxygens (including phenoxy) is 1. The lowest BCUT2D eigenvalue weighted by Crippen LogP contribution is -2.38. The maximum Gasteiger partial charge on any atom is 0.469 e. The number of carbonyl (C=O) groups excluding carboxylic acids is 1. The van der Waals surface area contributed by atoms with Gasteiger partial charge in [-0.1, -0.05) is 0 Å². The molecule has 6 N–H and O–H groups in total. The van der Waals surface area contributed by atoms with Gasteiger partial charge in [0.05, 0.1) is 12.8 Å². The minimum atomic E-state index is -4.87. The van der Waals surface area contributed by atoms with Gasteiger partial charge in [-0.05, 0) is 0 Å². The van der Waals surface area contributed by atoms with Crippen molar-refractivity contribution in [2.45, 2.75) is 24.5 Å². The molecule has 2 rings (SSSR count). The number of carbonyl (C=O) groups is 1. The summed E-state index contributed by atoms with van der Waals surface area (Å²) >= 11 is 0. The quantitative estimate of drug-likeness (QED) is 0.338. The van der Waals surface area contributed by atoms with Gasteiger partial charge < -0.3 is 30.5 Å².